The SMILES string of the molecule is CCC(CC)CN(CC)c1cccc(F)n1. The van der Waals surface area contributed by atoms with Gasteiger partial charge in [-0.25, -0.2) is 4.98 Å². The molecule has 0 aliphatic rings. The van der Waals surface area contributed by atoms with Crippen LogP contribution in [0.4, 0.5) is 10.2 Å². The van der Waals surface area contributed by atoms with Crippen LogP contribution in [0.15, 0.2) is 18.2 Å². The van der Waals surface area contributed by atoms with Gasteiger partial charge in [0.1, 0.15) is 5.82 Å². The van der Waals surface area contributed by atoms with Gasteiger partial charge in [-0.15, -0.1) is 0 Å². The van der Waals surface area contributed by atoms with E-state index in [1.54, 1.807) is 6.07 Å². The van der Waals surface area contributed by atoms with Crippen molar-refractivity contribution in [2.24, 2.45) is 5.92 Å². The lowest BCUT2D eigenvalue weighted by molar-refractivity contribution is 0.482. The zero-order valence-corrected chi connectivity index (χ0v) is 10.4. The van der Waals surface area contributed by atoms with Crippen LogP contribution in [0.2, 0.25) is 0 Å². The van der Waals surface area contributed by atoms with Crippen LogP contribution in [-0.4, -0.2) is 18.1 Å². The van der Waals surface area contributed by atoms with Crippen molar-refractivity contribution < 1.29 is 4.39 Å². The van der Waals surface area contributed by atoms with E-state index in [0.29, 0.717) is 5.92 Å². The van der Waals surface area contributed by atoms with Gasteiger partial charge in [0.05, 0.1) is 0 Å². The number of rotatable bonds is 6. The lowest BCUT2D eigenvalue weighted by Gasteiger charge is -2.26. The summed E-state index contributed by atoms with van der Waals surface area (Å²) in [6.45, 7) is 8.30. The van der Waals surface area contributed by atoms with Gasteiger partial charge in [0.2, 0.25) is 5.95 Å². The lowest BCUT2D eigenvalue weighted by Crippen LogP contribution is -2.29. The summed E-state index contributed by atoms with van der Waals surface area (Å²) in [5.74, 6) is 1.000. The first-order valence-corrected chi connectivity index (χ1v) is 6.08. The standard InChI is InChI=1S/C13H21FN2/c1-4-11(5-2)10-16(6-3)13-9-7-8-12(14)15-13/h7-9,11H,4-6,10H2,1-3H3. The van der Waals surface area contributed by atoms with Crippen molar-refractivity contribution in [1.29, 1.82) is 0 Å². The molecule has 0 bridgehead atoms. The summed E-state index contributed by atoms with van der Waals surface area (Å²) in [6, 6.07) is 4.97. The molecule has 0 unspecified atom stereocenters. The Balaban J connectivity index is 2.74. The quantitative estimate of drug-likeness (QED) is 0.688. The van der Waals surface area contributed by atoms with E-state index in [-0.39, 0.29) is 0 Å². The second-order valence-corrected chi connectivity index (χ2v) is 4.04. The summed E-state index contributed by atoms with van der Waals surface area (Å²) >= 11 is 0. The van der Waals surface area contributed by atoms with Crippen LogP contribution in [0.3, 0.4) is 0 Å². The Morgan fingerprint density at radius 1 is 1.25 bits per heavy atom. The Kier molecular flexibility index (Phi) is 5.23. The molecule has 2 nitrogen and oxygen atoms in total. The number of halogens is 1. The molecule has 0 N–H and O–H groups in total. The molecule has 16 heavy (non-hydrogen) atoms. The third-order valence-corrected chi connectivity index (χ3v) is 3.04. The Morgan fingerprint density at radius 2 is 1.94 bits per heavy atom. The van der Waals surface area contributed by atoms with E-state index < -0.39 is 5.95 Å². The highest BCUT2D eigenvalue weighted by molar-refractivity contribution is 5.37. The van der Waals surface area contributed by atoms with E-state index >= 15 is 0 Å². The second-order valence-electron chi connectivity index (χ2n) is 4.04. The van der Waals surface area contributed by atoms with Gasteiger partial charge in [-0.1, -0.05) is 32.8 Å². The van der Waals surface area contributed by atoms with Gasteiger partial charge in [-0.3, -0.25) is 0 Å². The summed E-state index contributed by atoms with van der Waals surface area (Å²) < 4.78 is 13.0. The van der Waals surface area contributed by atoms with Crippen LogP contribution >= 0.6 is 0 Å². The van der Waals surface area contributed by atoms with E-state index in [2.05, 4.69) is 30.7 Å². The molecular formula is C13H21FN2. The molecular weight excluding hydrogens is 203 g/mol. The molecule has 3 heteroatoms. The average Bonchev–Trinajstić information content (AvgIpc) is 2.31. The van der Waals surface area contributed by atoms with E-state index in [1.165, 1.54) is 6.07 Å². The predicted molar refractivity (Wildman–Crippen MR) is 66.2 cm³/mol. The molecule has 0 saturated heterocycles. The molecule has 1 aromatic heterocycles. The average molecular weight is 224 g/mol. The fourth-order valence-corrected chi connectivity index (χ4v) is 1.82. The normalized spacial score (nSPS) is 10.8. The van der Waals surface area contributed by atoms with E-state index in [4.69, 9.17) is 0 Å². The summed E-state index contributed by atoms with van der Waals surface area (Å²) in [6.07, 6.45) is 2.31. The number of hydrogen-bond acceptors (Lipinski definition) is 2. The fourth-order valence-electron chi connectivity index (χ4n) is 1.82. The van der Waals surface area contributed by atoms with Gasteiger partial charge in [0.25, 0.3) is 0 Å². The minimum Gasteiger partial charge on any atom is -0.357 e. The first kappa shape index (κ1) is 12.9. The predicted octanol–water partition coefficient (Wildman–Crippen LogP) is 3.48. The summed E-state index contributed by atoms with van der Waals surface area (Å²) in [5, 5.41) is 0. The molecule has 0 aliphatic heterocycles. The smallest absolute Gasteiger partial charge is 0.214 e. The zero-order valence-electron chi connectivity index (χ0n) is 10.4. The summed E-state index contributed by atoms with van der Waals surface area (Å²) in [5.41, 5.74) is 0. The van der Waals surface area contributed by atoms with Crippen LogP contribution in [0, 0.1) is 11.9 Å². The van der Waals surface area contributed by atoms with Crippen molar-refractivity contribution in [3.05, 3.63) is 24.1 Å². The number of pyridine rings is 1. The van der Waals surface area contributed by atoms with Gasteiger partial charge in [0, 0.05) is 13.1 Å². The zero-order chi connectivity index (χ0) is 12.0. The van der Waals surface area contributed by atoms with E-state index in [9.17, 15) is 4.39 Å². The third-order valence-electron chi connectivity index (χ3n) is 3.04. The van der Waals surface area contributed by atoms with Gasteiger partial charge < -0.3 is 4.90 Å². The maximum Gasteiger partial charge on any atom is 0.214 e. The Labute approximate surface area is 97.5 Å². The molecule has 0 atom stereocenters. The molecule has 0 radical (unpaired) electrons. The minimum atomic E-state index is -0.402. The van der Waals surface area contributed by atoms with Crippen molar-refractivity contribution in [3.8, 4) is 0 Å². The second kappa shape index (κ2) is 6.46. The van der Waals surface area contributed by atoms with Crippen molar-refractivity contribution in [2.75, 3.05) is 18.0 Å². The van der Waals surface area contributed by atoms with Crippen molar-refractivity contribution in [1.82, 2.24) is 4.98 Å². The minimum absolute atomic E-state index is 0.402. The van der Waals surface area contributed by atoms with Gasteiger partial charge >= 0.3 is 0 Å². The Hall–Kier alpha value is -1.12. The number of aromatic nitrogens is 1. The highest BCUT2D eigenvalue weighted by Crippen LogP contribution is 2.16. The van der Waals surface area contributed by atoms with Gasteiger partial charge in [0.15, 0.2) is 0 Å². The van der Waals surface area contributed by atoms with E-state index in [1.807, 2.05) is 6.07 Å². The largest absolute Gasteiger partial charge is 0.357 e. The first-order chi connectivity index (χ1) is 7.71. The van der Waals surface area contributed by atoms with Crippen molar-refractivity contribution >= 4 is 5.82 Å². The topological polar surface area (TPSA) is 16.1 Å². The molecule has 0 spiro atoms. The van der Waals surface area contributed by atoms with Gasteiger partial charge in [-0.05, 0) is 25.0 Å². The molecule has 0 fully saturated rings. The van der Waals surface area contributed by atoms with Crippen LogP contribution in [0.25, 0.3) is 0 Å². The van der Waals surface area contributed by atoms with Crippen LogP contribution in [0.1, 0.15) is 33.6 Å². The maximum atomic E-state index is 13.0. The summed E-state index contributed by atoms with van der Waals surface area (Å²) in [4.78, 5) is 6.06. The molecule has 1 aromatic rings. The van der Waals surface area contributed by atoms with Crippen molar-refractivity contribution in [2.45, 2.75) is 33.6 Å². The molecule has 90 valence electrons. The van der Waals surface area contributed by atoms with Crippen LogP contribution in [-0.2, 0) is 0 Å². The highest BCUT2D eigenvalue weighted by atomic mass is 19.1. The van der Waals surface area contributed by atoms with E-state index in [0.717, 1.165) is 31.7 Å². The highest BCUT2D eigenvalue weighted by Gasteiger charge is 2.11. The van der Waals surface area contributed by atoms with Crippen molar-refractivity contribution in [3.63, 3.8) is 0 Å². The third kappa shape index (κ3) is 3.47. The maximum absolute atomic E-state index is 13.0. The molecule has 0 aliphatic carbocycles. The molecule has 1 rings (SSSR count). The Bertz CT molecular complexity index is 311. The Morgan fingerprint density at radius 3 is 2.44 bits per heavy atom. The lowest BCUT2D eigenvalue weighted by atomic mass is 10.0. The van der Waals surface area contributed by atoms with Crippen LogP contribution < -0.4 is 4.90 Å². The monoisotopic (exact) mass is 224 g/mol. The first-order valence-electron chi connectivity index (χ1n) is 6.08. The molecule has 0 saturated carbocycles. The molecule has 0 aromatic carbocycles. The molecule has 0 amide bonds. The van der Waals surface area contributed by atoms with Crippen LogP contribution in [0.5, 0.6) is 0 Å². The van der Waals surface area contributed by atoms with Gasteiger partial charge in [-0.2, -0.15) is 4.39 Å². The number of hydrogen-bond donors (Lipinski definition) is 0. The number of anilines is 1. The summed E-state index contributed by atoms with van der Waals surface area (Å²) in [7, 11) is 0. The molecule has 1 heterocycles. The fraction of sp³-hybridized carbons (Fsp3) is 0.615. The number of nitrogens with zero attached hydrogens (tertiary/aromatic N) is 2.